The number of ether oxygens (including phenoxy) is 1. The van der Waals surface area contributed by atoms with Crippen molar-refractivity contribution in [2.24, 2.45) is 0 Å². The van der Waals surface area contributed by atoms with Crippen molar-refractivity contribution in [2.75, 3.05) is 11.4 Å². The molecular weight excluding hydrogens is 394 g/mol. The second kappa shape index (κ2) is 9.82. The molecule has 0 radical (unpaired) electrons. The molecular formula is C26H26ClNO2. The van der Waals surface area contributed by atoms with E-state index >= 15 is 0 Å². The van der Waals surface area contributed by atoms with Gasteiger partial charge in [0.1, 0.15) is 18.6 Å². The summed E-state index contributed by atoms with van der Waals surface area (Å²) in [4.78, 5) is 13.0. The highest BCUT2D eigenvalue weighted by molar-refractivity contribution is 6.30. The van der Waals surface area contributed by atoms with Crippen molar-refractivity contribution in [1.82, 2.24) is 0 Å². The van der Waals surface area contributed by atoms with Gasteiger partial charge in [0.15, 0.2) is 0 Å². The summed E-state index contributed by atoms with van der Waals surface area (Å²) in [6, 6.07) is 22.8. The molecule has 0 spiro atoms. The number of hydrogen-bond donors (Lipinski definition) is 0. The molecule has 0 aliphatic carbocycles. The molecule has 4 heteroatoms. The monoisotopic (exact) mass is 419 g/mol. The average Bonchev–Trinajstić information content (AvgIpc) is 2.78. The zero-order valence-electron chi connectivity index (χ0n) is 17.0. The van der Waals surface area contributed by atoms with Crippen LogP contribution in [0.4, 0.5) is 5.69 Å². The zero-order chi connectivity index (χ0) is 20.8. The van der Waals surface area contributed by atoms with E-state index in [1.54, 1.807) is 0 Å². The van der Waals surface area contributed by atoms with Crippen molar-refractivity contribution in [3.63, 3.8) is 0 Å². The van der Waals surface area contributed by atoms with Gasteiger partial charge in [0.2, 0.25) is 0 Å². The Balaban J connectivity index is 1.49. The number of para-hydroxylation sites is 1. The van der Waals surface area contributed by atoms with E-state index in [0.29, 0.717) is 13.0 Å². The molecule has 0 amide bonds. The van der Waals surface area contributed by atoms with Crippen molar-refractivity contribution in [3.05, 3.63) is 94.0 Å². The summed E-state index contributed by atoms with van der Waals surface area (Å²) < 4.78 is 6.28. The Bertz CT molecular complexity index is 983. The lowest BCUT2D eigenvalue weighted by atomic mass is 10.00. The fourth-order valence-corrected chi connectivity index (χ4v) is 4.10. The van der Waals surface area contributed by atoms with E-state index in [9.17, 15) is 4.79 Å². The summed E-state index contributed by atoms with van der Waals surface area (Å²) in [6.07, 6.45) is 4.54. The van der Waals surface area contributed by atoms with E-state index in [-0.39, 0.29) is 0 Å². The first-order chi connectivity index (χ1) is 14.7. The van der Waals surface area contributed by atoms with E-state index in [4.69, 9.17) is 16.3 Å². The number of carbonyl (C=O) groups excluding carboxylic acids is 1. The standard InChI is InChI=1S/C26H26ClNO2/c27-24-14-12-21(13-15-24)18-28-16-2-6-23-5-1-7-25(26(23)28)30-19-22-10-8-20(9-11-22)4-3-17-29/h1,5,7-15,17H,2-4,6,16,18-19H2. The fraction of sp³-hybridized carbons (Fsp3) is 0.269. The molecule has 1 aliphatic rings. The van der Waals surface area contributed by atoms with Crippen LogP contribution in [-0.4, -0.2) is 12.8 Å². The van der Waals surface area contributed by atoms with Crippen LogP contribution in [0.5, 0.6) is 5.75 Å². The number of aryl methyl sites for hydroxylation is 2. The maximum Gasteiger partial charge on any atom is 0.143 e. The van der Waals surface area contributed by atoms with Crippen LogP contribution in [0.2, 0.25) is 5.02 Å². The maximum atomic E-state index is 10.5. The minimum absolute atomic E-state index is 0.527. The van der Waals surface area contributed by atoms with E-state index in [1.807, 2.05) is 12.1 Å². The van der Waals surface area contributed by atoms with Crippen LogP contribution in [0.25, 0.3) is 0 Å². The first-order valence-electron chi connectivity index (χ1n) is 10.5. The Morgan fingerprint density at radius 2 is 1.67 bits per heavy atom. The van der Waals surface area contributed by atoms with Crippen LogP contribution < -0.4 is 9.64 Å². The molecule has 0 aromatic heterocycles. The molecule has 0 atom stereocenters. The average molecular weight is 420 g/mol. The summed E-state index contributed by atoms with van der Waals surface area (Å²) in [5.74, 6) is 0.936. The van der Waals surface area contributed by atoms with E-state index in [1.165, 1.54) is 22.4 Å². The van der Waals surface area contributed by atoms with Crippen LogP contribution >= 0.6 is 11.6 Å². The molecule has 1 heterocycles. The maximum absolute atomic E-state index is 10.5. The Kier molecular flexibility index (Phi) is 6.70. The summed E-state index contributed by atoms with van der Waals surface area (Å²) in [5.41, 5.74) is 6.10. The molecule has 3 nitrogen and oxygen atoms in total. The molecule has 3 aromatic rings. The molecule has 0 saturated carbocycles. The highest BCUT2D eigenvalue weighted by Gasteiger charge is 2.21. The Morgan fingerprint density at radius 3 is 2.43 bits per heavy atom. The molecule has 154 valence electrons. The van der Waals surface area contributed by atoms with Gasteiger partial charge in [0.05, 0.1) is 5.69 Å². The number of nitrogens with zero attached hydrogens (tertiary/aromatic N) is 1. The van der Waals surface area contributed by atoms with Crippen molar-refractivity contribution in [1.29, 1.82) is 0 Å². The van der Waals surface area contributed by atoms with Crippen LogP contribution in [0.1, 0.15) is 35.1 Å². The molecule has 3 aromatic carbocycles. The first kappa shape index (κ1) is 20.5. The predicted octanol–water partition coefficient (Wildman–Crippen LogP) is 6.00. The van der Waals surface area contributed by atoms with Crippen LogP contribution in [0.3, 0.4) is 0 Å². The Hall–Kier alpha value is -2.78. The minimum Gasteiger partial charge on any atom is -0.487 e. The van der Waals surface area contributed by atoms with Gasteiger partial charge in [-0.3, -0.25) is 0 Å². The van der Waals surface area contributed by atoms with Gasteiger partial charge in [0, 0.05) is 24.5 Å². The van der Waals surface area contributed by atoms with Crippen LogP contribution in [0, 0.1) is 0 Å². The van der Waals surface area contributed by atoms with Gasteiger partial charge in [-0.1, -0.05) is 60.1 Å². The van der Waals surface area contributed by atoms with Crippen molar-refractivity contribution < 1.29 is 9.53 Å². The quantitative estimate of drug-likeness (QED) is 0.419. The molecule has 4 rings (SSSR count). The molecule has 0 fully saturated rings. The van der Waals surface area contributed by atoms with Gasteiger partial charge in [-0.2, -0.15) is 0 Å². The van der Waals surface area contributed by atoms with Crippen LogP contribution in [0.15, 0.2) is 66.7 Å². The lowest BCUT2D eigenvalue weighted by molar-refractivity contribution is -0.107. The van der Waals surface area contributed by atoms with Gasteiger partial charge in [-0.05, 0) is 59.7 Å². The summed E-state index contributed by atoms with van der Waals surface area (Å²) in [5, 5.41) is 0.763. The predicted molar refractivity (Wildman–Crippen MR) is 122 cm³/mol. The molecule has 0 saturated heterocycles. The van der Waals surface area contributed by atoms with E-state index in [2.05, 4.69) is 59.5 Å². The Morgan fingerprint density at radius 1 is 0.933 bits per heavy atom. The molecule has 0 bridgehead atoms. The number of hydrogen-bond acceptors (Lipinski definition) is 3. The zero-order valence-corrected chi connectivity index (χ0v) is 17.8. The molecule has 0 N–H and O–H groups in total. The first-order valence-corrected chi connectivity index (χ1v) is 10.9. The van der Waals surface area contributed by atoms with E-state index < -0.39 is 0 Å². The summed E-state index contributed by atoms with van der Waals surface area (Å²) in [6.45, 7) is 2.39. The van der Waals surface area contributed by atoms with Crippen molar-refractivity contribution in [3.8, 4) is 5.75 Å². The van der Waals surface area contributed by atoms with Gasteiger partial charge >= 0.3 is 0 Å². The highest BCUT2D eigenvalue weighted by atomic mass is 35.5. The summed E-state index contributed by atoms with van der Waals surface area (Å²) >= 11 is 6.05. The smallest absolute Gasteiger partial charge is 0.143 e. The minimum atomic E-state index is 0.527. The van der Waals surface area contributed by atoms with E-state index in [0.717, 1.165) is 55.0 Å². The molecule has 1 aliphatic heterocycles. The third-order valence-corrected chi connectivity index (χ3v) is 5.78. The lowest BCUT2D eigenvalue weighted by Gasteiger charge is -2.33. The van der Waals surface area contributed by atoms with Crippen LogP contribution in [-0.2, 0) is 30.8 Å². The van der Waals surface area contributed by atoms with Gasteiger partial charge < -0.3 is 14.4 Å². The number of carbonyl (C=O) groups is 1. The SMILES string of the molecule is O=CCCc1ccc(COc2cccc3c2N(Cc2ccc(Cl)cc2)CCC3)cc1. The molecule has 30 heavy (non-hydrogen) atoms. The third-order valence-electron chi connectivity index (χ3n) is 5.53. The number of anilines is 1. The second-order valence-corrected chi connectivity index (χ2v) is 8.16. The second-order valence-electron chi connectivity index (χ2n) is 7.73. The largest absolute Gasteiger partial charge is 0.487 e. The van der Waals surface area contributed by atoms with Gasteiger partial charge in [-0.15, -0.1) is 0 Å². The summed E-state index contributed by atoms with van der Waals surface area (Å²) in [7, 11) is 0. The number of halogens is 1. The number of aldehydes is 1. The Labute approximate surface area is 183 Å². The third kappa shape index (κ3) is 5.03. The number of fused-ring (bicyclic) bond motifs is 1. The van der Waals surface area contributed by atoms with Gasteiger partial charge in [0.25, 0.3) is 0 Å². The topological polar surface area (TPSA) is 29.5 Å². The molecule has 0 unspecified atom stereocenters. The fourth-order valence-electron chi connectivity index (χ4n) is 3.97. The highest BCUT2D eigenvalue weighted by Crippen LogP contribution is 2.37. The van der Waals surface area contributed by atoms with Crippen molar-refractivity contribution in [2.45, 2.75) is 38.8 Å². The number of benzene rings is 3. The lowest BCUT2D eigenvalue weighted by Crippen LogP contribution is -2.29. The van der Waals surface area contributed by atoms with Crippen molar-refractivity contribution >= 4 is 23.6 Å². The van der Waals surface area contributed by atoms with Gasteiger partial charge in [-0.25, -0.2) is 0 Å². The normalized spacial score (nSPS) is 13.0. The number of rotatable bonds is 8.